The molecule has 0 fully saturated rings. The lowest BCUT2D eigenvalue weighted by molar-refractivity contribution is 1.17. The van der Waals surface area contributed by atoms with Crippen molar-refractivity contribution in [3.63, 3.8) is 0 Å². The van der Waals surface area contributed by atoms with Crippen LogP contribution in [0.25, 0.3) is 11.4 Å². The summed E-state index contributed by atoms with van der Waals surface area (Å²) in [6, 6.07) is 7.17. The van der Waals surface area contributed by atoms with Gasteiger partial charge in [0, 0.05) is 12.3 Å². The highest BCUT2D eigenvalue weighted by molar-refractivity contribution is 5.59. The Labute approximate surface area is 80.8 Å². The highest BCUT2D eigenvalue weighted by Crippen LogP contribution is 2.15. The first-order valence-electron chi connectivity index (χ1n) is 4.07. The number of hydrogen-bond acceptors (Lipinski definition) is 5. The fraction of sp³-hybridized carbons (Fsp3) is 0. The number of anilines is 2. The van der Waals surface area contributed by atoms with Gasteiger partial charge in [-0.3, -0.25) is 4.98 Å². The first-order chi connectivity index (χ1) is 6.75. The molecule has 0 atom stereocenters. The average Bonchev–Trinajstić information content (AvgIpc) is 2.18. The van der Waals surface area contributed by atoms with Gasteiger partial charge in [0.05, 0.1) is 11.4 Å². The molecular weight excluding hydrogens is 178 g/mol. The van der Waals surface area contributed by atoms with Gasteiger partial charge in [-0.05, 0) is 12.1 Å². The van der Waals surface area contributed by atoms with Crippen LogP contribution in [0.2, 0.25) is 0 Å². The summed E-state index contributed by atoms with van der Waals surface area (Å²) in [5, 5.41) is 0. The third-order valence-corrected chi connectivity index (χ3v) is 1.69. The fourth-order valence-electron chi connectivity index (χ4n) is 1.13. The zero-order chi connectivity index (χ0) is 9.97. The molecule has 2 heterocycles. The number of nitrogens with two attached hydrogens (primary N) is 2. The van der Waals surface area contributed by atoms with Crippen LogP contribution in [-0.4, -0.2) is 15.0 Å². The lowest BCUT2D eigenvalue weighted by Crippen LogP contribution is -2.00. The molecule has 0 unspecified atom stereocenters. The van der Waals surface area contributed by atoms with Crippen molar-refractivity contribution in [3.05, 3.63) is 30.5 Å². The van der Waals surface area contributed by atoms with Crippen molar-refractivity contribution in [3.8, 4) is 11.4 Å². The van der Waals surface area contributed by atoms with Crippen LogP contribution in [0.4, 0.5) is 11.8 Å². The SMILES string of the molecule is Nc1cc(-c2ccccn2)nc(N)n1. The van der Waals surface area contributed by atoms with Gasteiger partial charge in [-0.15, -0.1) is 0 Å². The van der Waals surface area contributed by atoms with Gasteiger partial charge in [0.15, 0.2) is 0 Å². The van der Waals surface area contributed by atoms with E-state index in [1.807, 2.05) is 18.2 Å². The monoisotopic (exact) mass is 187 g/mol. The van der Waals surface area contributed by atoms with E-state index in [1.54, 1.807) is 12.3 Å². The second-order valence-electron chi connectivity index (χ2n) is 2.75. The first kappa shape index (κ1) is 8.43. The van der Waals surface area contributed by atoms with Crippen molar-refractivity contribution in [1.29, 1.82) is 0 Å². The predicted octanol–water partition coefficient (Wildman–Crippen LogP) is 0.703. The summed E-state index contributed by atoms with van der Waals surface area (Å²) in [5.74, 6) is 0.504. The topological polar surface area (TPSA) is 90.7 Å². The van der Waals surface area contributed by atoms with Crippen molar-refractivity contribution in [2.24, 2.45) is 0 Å². The van der Waals surface area contributed by atoms with Gasteiger partial charge in [0.1, 0.15) is 5.82 Å². The summed E-state index contributed by atoms with van der Waals surface area (Å²) in [6.07, 6.45) is 1.68. The zero-order valence-electron chi connectivity index (χ0n) is 7.38. The summed E-state index contributed by atoms with van der Waals surface area (Å²) in [4.78, 5) is 11.9. The Hall–Kier alpha value is -2.17. The van der Waals surface area contributed by atoms with Gasteiger partial charge >= 0.3 is 0 Å². The summed E-state index contributed by atoms with van der Waals surface area (Å²) >= 11 is 0. The van der Waals surface area contributed by atoms with Crippen molar-refractivity contribution in [2.75, 3.05) is 11.5 Å². The minimum absolute atomic E-state index is 0.158. The van der Waals surface area contributed by atoms with E-state index >= 15 is 0 Å². The van der Waals surface area contributed by atoms with E-state index in [0.29, 0.717) is 11.5 Å². The van der Waals surface area contributed by atoms with Gasteiger partial charge < -0.3 is 11.5 Å². The molecule has 2 aromatic rings. The molecule has 0 amide bonds. The normalized spacial score (nSPS) is 10.0. The third-order valence-electron chi connectivity index (χ3n) is 1.69. The molecular formula is C9H9N5. The minimum Gasteiger partial charge on any atom is -0.384 e. The molecule has 0 bridgehead atoms. The Morgan fingerprint density at radius 2 is 1.86 bits per heavy atom. The van der Waals surface area contributed by atoms with E-state index in [1.165, 1.54) is 0 Å². The number of pyridine rings is 1. The van der Waals surface area contributed by atoms with Crippen LogP contribution in [0.1, 0.15) is 0 Å². The smallest absolute Gasteiger partial charge is 0.222 e. The molecule has 70 valence electrons. The van der Waals surface area contributed by atoms with Crippen LogP contribution in [-0.2, 0) is 0 Å². The Morgan fingerprint density at radius 3 is 2.50 bits per heavy atom. The lowest BCUT2D eigenvalue weighted by Gasteiger charge is -2.01. The molecule has 0 spiro atoms. The number of nitrogen functional groups attached to an aromatic ring is 2. The standard InChI is InChI=1S/C9H9N5/c10-8-5-7(13-9(11)14-8)6-3-1-2-4-12-6/h1-5H,(H4,10,11,13,14). The second-order valence-corrected chi connectivity index (χ2v) is 2.75. The molecule has 0 aliphatic heterocycles. The van der Waals surface area contributed by atoms with Gasteiger partial charge in [-0.1, -0.05) is 6.07 Å². The van der Waals surface area contributed by atoms with E-state index in [-0.39, 0.29) is 5.95 Å². The first-order valence-corrected chi connectivity index (χ1v) is 4.07. The number of hydrogen-bond donors (Lipinski definition) is 2. The van der Waals surface area contributed by atoms with Gasteiger partial charge in [-0.25, -0.2) is 4.98 Å². The maximum atomic E-state index is 5.54. The quantitative estimate of drug-likeness (QED) is 0.685. The maximum Gasteiger partial charge on any atom is 0.222 e. The number of rotatable bonds is 1. The summed E-state index contributed by atoms with van der Waals surface area (Å²) in [5.41, 5.74) is 12.4. The number of aromatic nitrogens is 3. The molecule has 0 saturated heterocycles. The average molecular weight is 187 g/mol. The van der Waals surface area contributed by atoms with E-state index in [9.17, 15) is 0 Å². The summed E-state index contributed by atoms with van der Waals surface area (Å²) < 4.78 is 0. The molecule has 5 nitrogen and oxygen atoms in total. The number of nitrogens with zero attached hydrogens (tertiary/aromatic N) is 3. The van der Waals surface area contributed by atoms with Crippen molar-refractivity contribution >= 4 is 11.8 Å². The molecule has 14 heavy (non-hydrogen) atoms. The van der Waals surface area contributed by atoms with E-state index in [0.717, 1.165) is 5.69 Å². The summed E-state index contributed by atoms with van der Waals surface area (Å²) in [6.45, 7) is 0. The van der Waals surface area contributed by atoms with Crippen LogP contribution >= 0.6 is 0 Å². The Morgan fingerprint density at radius 1 is 1.00 bits per heavy atom. The fourth-order valence-corrected chi connectivity index (χ4v) is 1.13. The van der Waals surface area contributed by atoms with Crippen LogP contribution in [0.15, 0.2) is 30.5 Å². The predicted molar refractivity (Wildman–Crippen MR) is 54.1 cm³/mol. The maximum absolute atomic E-state index is 5.54. The largest absolute Gasteiger partial charge is 0.384 e. The van der Waals surface area contributed by atoms with E-state index in [4.69, 9.17) is 11.5 Å². The third kappa shape index (κ3) is 1.61. The highest BCUT2D eigenvalue weighted by atomic mass is 15.0. The van der Waals surface area contributed by atoms with Gasteiger partial charge in [-0.2, -0.15) is 4.98 Å². The molecule has 0 saturated carbocycles. The zero-order valence-corrected chi connectivity index (χ0v) is 7.38. The molecule has 2 aromatic heterocycles. The Kier molecular flexibility index (Phi) is 1.98. The molecule has 0 radical (unpaired) electrons. The second kappa shape index (κ2) is 3.29. The van der Waals surface area contributed by atoms with E-state index < -0.39 is 0 Å². The molecule has 0 aliphatic carbocycles. The van der Waals surface area contributed by atoms with Crippen LogP contribution < -0.4 is 11.5 Å². The van der Waals surface area contributed by atoms with Crippen LogP contribution in [0, 0.1) is 0 Å². The minimum atomic E-state index is 0.158. The molecule has 2 rings (SSSR count). The molecule has 5 heteroatoms. The van der Waals surface area contributed by atoms with E-state index in [2.05, 4.69) is 15.0 Å². The Bertz CT molecular complexity index is 420. The molecule has 0 aliphatic rings. The van der Waals surface area contributed by atoms with Gasteiger partial charge in [0.25, 0.3) is 0 Å². The van der Waals surface area contributed by atoms with Gasteiger partial charge in [0.2, 0.25) is 5.95 Å². The summed E-state index contributed by atoms with van der Waals surface area (Å²) in [7, 11) is 0. The molecule has 0 aromatic carbocycles. The van der Waals surface area contributed by atoms with Crippen molar-refractivity contribution < 1.29 is 0 Å². The Balaban J connectivity index is 2.52. The highest BCUT2D eigenvalue weighted by Gasteiger charge is 2.02. The van der Waals surface area contributed by atoms with Crippen LogP contribution in [0.3, 0.4) is 0 Å². The van der Waals surface area contributed by atoms with Crippen LogP contribution in [0.5, 0.6) is 0 Å². The molecule has 4 N–H and O–H groups in total. The van der Waals surface area contributed by atoms with Crippen molar-refractivity contribution in [1.82, 2.24) is 15.0 Å². The van der Waals surface area contributed by atoms with Crippen molar-refractivity contribution in [2.45, 2.75) is 0 Å². The lowest BCUT2D eigenvalue weighted by atomic mass is 10.2.